The number of benzene rings is 2. The first kappa shape index (κ1) is 15.6. The van der Waals surface area contributed by atoms with Gasteiger partial charge in [-0.2, -0.15) is 0 Å². The average molecular weight is 299 g/mol. The molecule has 0 fully saturated rings. The van der Waals surface area contributed by atoms with Gasteiger partial charge in [-0.3, -0.25) is 4.79 Å². The summed E-state index contributed by atoms with van der Waals surface area (Å²) in [5.41, 5.74) is -0.940. The molecule has 0 aliphatic rings. The van der Waals surface area contributed by atoms with E-state index < -0.39 is 17.3 Å². The molecule has 0 aliphatic carbocycles. The third kappa shape index (κ3) is 3.09. The van der Waals surface area contributed by atoms with Crippen LogP contribution in [0.2, 0.25) is 0 Å². The first-order chi connectivity index (χ1) is 10.5. The number of para-hydroxylation sites is 1. The summed E-state index contributed by atoms with van der Waals surface area (Å²) >= 11 is 0. The molecule has 1 atom stereocenters. The first-order valence-corrected chi connectivity index (χ1v) is 6.73. The van der Waals surface area contributed by atoms with Crippen molar-refractivity contribution in [3.63, 3.8) is 0 Å². The van der Waals surface area contributed by atoms with Crippen molar-refractivity contribution in [2.75, 3.05) is 12.4 Å². The summed E-state index contributed by atoms with van der Waals surface area (Å²) < 4.78 is 5.08. The number of Topliss-reactive ketones (excluding diaryl/α,β-unsaturated/α-hetero) is 1. The standard InChI is InChI=1S/C17H17NO4/c1-17(16(20)21,18-13-8-4-3-5-9-13)15(19)12-7-6-10-14(11-12)22-2/h3-11,18H,1-2H3,(H,20,21). The number of ketones is 1. The molecule has 0 aliphatic heterocycles. The second-order valence-corrected chi connectivity index (χ2v) is 4.98. The molecule has 2 aromatic carbocycles. The highest BCUT2D eigenvalue weighted by atomic mass is 16.5. The monoisotopic (exact) mass is 299 g/mol. The van der Waals surface area contributed by atoms with Gasteiger partial charge in [-0.25, -0.2) is 4.79 Å². The van der Waals surface area contributed by atoms with Gasteiger partial charge in [0.15, 0.2) is 11.3 Å². The molecule has 22 heavy (non-hydrogen) atoms. The highest BCUT2D eigenvalue weighted by Crippen LogP contribution is 2.22. The molecule has 0 aromatic heterocycles. The van der Waals surface area contributed by atoms with Crippen molar-refractivity contribution in [1.29, 1.82) is 0 Å². The largest absolute Gasteiger partial charge is 0.497 e. The van der Waals surface area contributed by atoms with E-state index in [4.69, 9.17) is 4.74 Å². The number of rotatable bonds is 6. The molecular formula is C17H17NO4. The SMILES string of the molecule is COc1cccc(C(=O)C(C)(Nc2ccccc2)C(=O)O)c1. The summed E-state index contributed by atoms with van der Waals surface area (Å²) in [5.74, 6) is -1.29. The number of nitrogens with one attached hydrogen (secondary N) is 1. The second kappa shape index (κ2) is 6.30. The third-order valence-electron chi connectivity index (χ3n) is 3.38. The van der Waals surface area contributed by atoms with Crippen LogP contribution in [0.5, 0.6) is 5.75 Å². The van der Waals surface area contributed by atoms with E-state index in [9.17, 15) is 14.7 Å². The minimum absolute atomic E-state index is 0.271. The third-order valence-corrected chi connectivity index (χ3v) is 3.38. The van der Waals surface area contributed by atoms with Crippen molar-refractivity contribution in [2.24, 2.45) is 0 Å². The number of methoxy groups -OCH3 is 1. The van der Waals surface area contributed by atoms with Crippen LogP contribution in [0.4, 0.5) is 5.69 Å². The maximum atomic E-state index is 12.7. The lowest BCUT2D eigenvalue weighted by atomic mass is 9.90. The molecule has 0 heterocycles. The summed E-state index contributed by atoms with van der Waals surface area (Å²) in [6, 6.07) is 15.2. The lowest BCUT2D eigenvalue weighted by molar-refractivity contribution is -0.139. The number of anilines is 1. The van der Waals surface area contributed by atoms with Gasteiger partial charge in [-0.1, -0.05) is 30.3 Å². The van der Waals surface area contributed by atoms with Crippen LogP contribution in [0.15, 0.2) is 54.6 Å². The molecule has 0 amide bonds. The van der Waals surface area contributed by atoms with Crippen LogP contribution in [0.1, 0.15) is 17.3 Å². The Kier molecular flexibility index (Phi) is 4.46. The van der Waals surface area contributed by atoms with Gasteiger partial charge in [0, 0.05) is 11.3 Å². The van der Waals surface area contributed by atoms with Crippen molar-refractivity contribution in [3.8, 4) is 5.75 Å². The zero-order valence-corrected chi connectivity index (χ0v) is 12.4. The number of carbonyl (C=O) groups excluding carboxylic acids is 1. The second-order valence-electron chi connectivity index (χ2n) is 4.98. The number of carbonyl (C=O) groups is 2. The quantitative estimate of drug-likeness (QED) is 0.633. The molecular weight excluding hydrogens is 282 g/mol. The lowest BCUT2D eigenvalue weighted by Gasteiger charge is -2.26. The number of ether oxygens (including phenoxy) is 1. The zero-order valence-electron chi connectivity index (χ0n) is 12.4. The molecule has 114 valence electrons. The van der Waals surface area contributed by atoms with Gasteiger partial charge in [-0.15, -0.1) is 0 Å². The van der Waals surface area contributed by atoms with Crippen LogP contribution in [0.25, 0.3) is 0 Å². The molecule has 2 rings (SSSR count). The Morgan fingerprint density at radius 3 is 2.36 bits per heavy atom. The maximum absolute atomic E-state index is 12.7. The Balaban J connectivity index is 2.37. The van der Waals surface area contributed by atoms with Crippen molar-refractivity contribution < 1.29 is 19.4 Å². The van der Waals surface area contributed by atoms with Gasteiger partial charge in [0.2, 0.25) is 0 Å². The minimum atomic E-state index is -1.77. The topological polar surface area (TPSA) is 75.6 Å². The van der Waals surface area contributed by atoms with Gasteiger partial charge in [0.25, 0.3) is 0 Å². The molecule has 5 nitrogen and oxygen atoms in total. The molecule has 2 N–H and O–H groups in total. The van der Waals surface area contributed by atoms with Crippen LogP contribution in [-0.4, -0.2) is 29.5 Å². The predicted molar refractivity (Wildman–Crippen MR) is 83.4 cm³/mol. The van der Waals surface area contributed by atoms with Crippen LogP contribution < -0.4 is 10.1 Å². The van der Waals surface area contributed by atoms with Crippen LogP contribution >= 0.6 is 0 Å². The molecule has 0 saturated heterocycles. The highest BCUT2D eigenvalue weighted by Gasteiger charge is 2.41. The molecule has 0 bridgehead atoms. The van der Waals surface area contributed by atoms with Gasteiger partial charge < -0.3 is 15.2 Å². The predicted octanol–water partition coefficient (Wildman–Crippen LogP) is 2.83. The van der Waals surface area contributed by atoms with E-state index in [-0.39, 0.29) is 5.56 Å². The first-order valence-electron chi connectivity index (χ1n) is 6.73. The maximum Gasteiger partial charge on any atom is 0.337 e. The number of hydrogen-bond acceptors (Lipinski definition) is 4. The van der Waals surface area contributed by atoms with E-state index in [1.165, 1.54) is 20.1 Å². The Morgan fingerprint density at radius 1 is 1.09 bits per heavy atom. The van der Waals surface area contributed by atoms with Crippen molar-refractivity contribution in [1.82, 2.24) is 0 Å². The molecule has 1 unspecified atom stereocenters. The van der Waals surface area contributed by atoms with Crippen LogP contribution in [0.3, 0.4) is 0 Å². The Labute approximate surface area is 128 Å². The molecule has 0 saturated carbocycles. The highest BCUT2D eigenvalue weighted by molar-refractivity contribution is 6.17. The fourth-order valence-corrected chi connectivity index (χ4v) is 2.07. The summed E-state index contributed by atoms with van der Waals surface area (Å²) in [6.07, 6.45) is 0. The van der Waals surface area contributed by atoms with E-state index in [1.807, 2.05) is 6.07 Å². The van der Waals surface area contributed by atoms with Crippen LogP contribution in [-0.2, 0) is 4.79 Å². The fraction of sp³-hybridized carbons (Fsp3) is 0.176. The van der Waals surface area contributed by atoms with E-state index in [1.54, 1.807) is 42.5 Å². The van der Waals surface area contributed by atoms with E-state index in [0.29, 0.717) is 11.4 Å². The average Bonchev–Trinajstić information content (AvgIpc) is 2.54. The number of carboxylic acid groups (broad SMARTS) is 1. The molecule has 0 radical (unpaired) electrons. The van der Waals surface area contributed by atoms with Gasteiger partial charge >= 0.3 is 5.97 Å². The zero-order chi connectivity index (χ0) is 16.2. The number of hydrogen-bond donors (Lipinski definition) is 2. The van der Waals surface area contributed by atoms with Gasteiger partial charge in [0.1, 0.15) is 5.75 Å². The van der Waals surface area contributed by atoms with Crippen molar-refractivity contribution in [2.45, 2.75) is 12.5 Å². The Bertz CT molecular complexity index is 684. The van der Waals surface area contributed by atoms with Gasteiger partial charge in [-0.05, 0) is 31.2 Å². The fourth-order valence-electron chi connectivity index (χ4n) is 2.07. The summed E-state index contributed by atoms with van der Waals surface area (Å²) in [7, 11) is 1.49. The normalized spacial score (nSPS) is 13.0. The minimum Gasteiger partial charge on any atom is -0.497 e. The molecule has 0 spiro atoms. The van der Waals surface area contributed by atoms with Gasteiger partial charge in [0.05, 0.1) is 7.11 Å². The summed E-state index contributed by atoms with van der Waals surface area (Å²) in [4.78, 5) is 24.4. The molecule has 5 heteroatoms. The van der Waals surface area contributed by atoms with Crippen molar-refractivity contribution >= 4 is 17.4 Å². The number of carboxylic acids is 1. The summed E-state index contributed by atoms with van der Waals surface area (Å²) in [5, 5.41) is 12.3. The van der Waals surface area contributed by atoms with Crippen LogP contribution in [0, 0.1) is 0 Å². The van der Waals surface area contributed by atoms with E-state index >= 15 is 0 Å². The van der Waals surface area contributed by atoms with Crippen molar-refractivity contribution in [3.05, 3.63) is 60.2 Å². The number of aliphatic carboxylic acids is 1. The Morgan fingerprint density at radius 2 is 1.77 bits per heavy atom. The van der Waals surface area contributed by atoms with E-state index in [0.717, 1.165) is 0 Å². The molecule has 2 aromatic rings. The summed E-state index contributed by atoms with van der Waals surface area (Å²) in [6.45, 7) is 1.35. The smallest absolute Gasteiger partial charge is 0.337 e. The van der Waals surface area contributed by atoms with E-state index in [2.05, 4.69) is 5.32 Å². The Hall–Kier alpha value is -2.82. The lowest BCUT2D eigenvalue weighted by Crippen LogP contribution is -2.50.